The summed E-state index contributed by atoms with van der Waals surface area (Å²) < 4.78 is 12.3. The summed E-state index contributed by atoms with van der Waals surface area (Å²) in [5.74, 6) is 0. The Kier molecular flexibility index (Phi) is 4.52. The maximum Gasteiger partial charge on any atom is 0.340 e. The minimum atomic E-state index is -1.33. The lowest BCUT2D eigenvalue weighted by atomic mass is 9.77. The van der Waals surface area contributed by atoms with E-state index in [-0.39, 0.29) is 0 Å². The molecule has 0 saturated heterocycles. The Morgan fingerprint density at radius 1 is 0.731 bits per heavy atom. The zero-order valence-corrected chi connectivity index (χ0v) is 14.8. The van der Waals surface area contributed by atoms with E-state index >= 15 is 0 Å². The summed E-state index contributed by atoms with van der Waals surface area (Å²) in [6.07, 6.45) is 2.70. The molecule has 0 aliphatic carbocycles. The number of aromatic nitrogens is 1. The minimum Gasteiger partial charge on any atom is -0.588 e. The fourth-order valence-corrected chi connectivity index (χ4v) is 3.91. The van der Waals surface area contributed by atoms with Crippen LogP contribution in [0.4, 0.5) is 5.13 Å². The molecule has 1 aromatic heterocycles. The molecule has 0 amide bonds. The Bertz CT molecular complexity index is 872. The molecule has 0 aliphatic rings. The van der Waals surface area contributed by atoms with Gasteiger partial charge < -0.3 is 9.87 Å². The summed E-state index contributed by atoms with van der Waals surface area (Å²) in [4.78, 5) is 4.18. The van der Waals surface area contributed by atoms with Gasteiger partial charge in [-0.1, -0.05) is 91.0 Å². The predicted octanol–water partition coefficient (Wildman–Crippen LogP) is 5.01. The van der Waals surface area contributed by atoms with E-state index in [1.54, 1.807) is 0 Å². The number of thiazole rings is 1. The van der Waals surface area contributed by atoms with Crippen molar-refractivity contribution in [1.82, 2.24) is 4.98 Å². The van der Waals surface area contributed by atoms with Crippen molar-refractivity contribution in [3.8, 4) is 0 Å². The molecule has 1 heterocycles. The average Bonchev–Trinajstić information content (AvgIpc) is 3.12. The van der Waals surface area contributed by atoms with Crippen molar-refractivity contribution in [2.24, 2.45) is 0 Å². The lowest BCUT2D eigenvalue weighted by molar-refractivity contribution is 0.597. The summed E-state index contributed by atoms with van der Waals surface area (Å²) in [7, 11) is -1.33. The van der Waals surface area contributed by atoms with Gasteiger partial charge in [0.05, 0.1) is 0 Å². The van der Waals surface area contributed by atoms with E-state index in [0.717, 1.165) is 16.7 Å². The highest BCUT2D eigenvalue weighted by molar-refractivity contribution is 7.26. The van der Waals surface area contributed by atoms with Crippen LogP contribution < -0.4 is 5.32 Å². The molecule has 4 heteroatoms. The van der Waals surface area contributed by atoms with E-state index in [2.05, 4.69) is 52.9 Å². The molecular formula is C22H17N2OS. The Morgan fingerprint density at radius 2 is 1.15 bits per heavy atom. The van der Waals surface area contributed by atoms with Crippen molar-refractivity contribution in [2.75, 3.05) is 5.32 Å². The van der Waals surface area contributed by atoms with Gasteiger partial charge in [0.15, 0.2) is 11.6 Å². The third kappa shape index (κ3) is 2.90. The molecule has 0 saturated carbocycles. The zero-order chi connectivity index (χ0) is 17.8. The van der Waals surface area contributed by atoms with Crippen LogP contribution in [-0.2, 0) is 5.54 Å². The molecule has 0 spiro atoms. The Labute approximate surface area is 155 Å². The largest absolute Gasteiger partial charge is 0.588 e. The third-order valence-corrected chi connectivity index (χ3v) is 5.33. The summed E-state index contributed by atoms with van der Waals surface area (Å²) in [5, 5.41) is 5.35. The lowest BCUT2D eigenvalue weighted by Gasteiger charge is -2.35. The maximum atomic E-state index is 12.3. The fourth-order valence-electron chi connectivity index (χ4n) is 3.25. The number of benzene rings is 3. The molecule has 3 nitrogen and oxygen atoms in total. The highest BCUT2D eigenvalue weighted by Gasteiger charge is 2.38. The Hall–Kier alpha value is -2.95. The molecular weight excluding hydrogens is 340 g/mol. The molecule has 26 heavy (non-hydrogen) atoms. The van der Waals surface area contributed by atoms with Gasteiger partial charge in [-0.2, -0.15) is 4.98 Å². The van der Waals surface area contributed by atoms with Crippen LogP contribution in [0.3, 0.4) is 0 Å². The van der Waals surface area contributed by atoms with Gasteiger partial charge in [0.1, 0.15) is 5.54 Å². The van der Waals surface area contributed by atoms with Gasteiger partial charge in [0.25, 0.3) is 0 Å². The van der Waals surface area contributed by atoms with Crippen LogP contribution in [0.1, 0.15) is 16.7 Å². The number of nitrogens with one attached hydrogen (secondary N) is 1. The molecule has 1 N–H and O–H groups in total. The molecule has 4 rings (SSSR count). The maximum absolute atomic E-state index is 12.3. The molecule has 127 valence electrons. The second kappa shape index (κ2) is 7.12. The summed E-state index contributed by atoms with van der Waals surface area (Å²) in [6.45, 7) is 0. The van der Waals surface area contributed by atoms with E-state index in [9.17, 15) is 4.55 Å². The monoisotopic (exact) mass is 357 g/mol. The van der Waals surface area contributed by atoms with E-state index in [1.165, 1.54) is 5.38 Å². The van der Waals surface area contributed by atoms with E-state index in [0.29, 0.717) is 5.13 Å². The first-order valence-electron chi connectivity index (χ1n) is 8.32. The van der Waals surface area contributed by atoms with Crippen molar-refractivity contribution in [2.45, 2.75) is 5.54 Å². The van der Waals surface area contributed by atoms with Crippen molar-refractivity contribution in [3.05, 3.63) is 119 Å². The summed E-state index contributed by atoms with van der Waals surface area (Å²) in [5.41, 5.74) is 2.43. The van der Waals surface area contributed by atoms with Crippen LogP contribution >= 0.6 is 10.8 Å². The van der Waals surface area contributed by atoms with Gasteiger partial charge in [-0.25, -0.2) is 0 Å². The molecule has 1 unspecified atom stereocenters. The molecule has 1 radical (unpaired) electrons. The Morgan fingerprint density at radius 3 is 1.50 bits per heavy atom. The number of nitrogens with zero attached hydrogens (tertiary/aromatic N) is 1. The number of rotatable bonds is 5. The molecule has 4 aromatic rings. The smallest absolute Gasteiger partial charge is 0.340 e. The van der Waals surface area contributed by atoms with Gasteiger partial charge in [0, 0.05) is 0 Å². The van der Waals surface area contributed by atoms with Gasteiger partial charge in [-0.05, 0) is 27.4 Å². The van der Waals surface area contributed by atoms with Gasteiger partial charge in [-0.3, -0.25) is 0 Å². The number of hydrogen-bond donors (Lipinski definition) is 1. The molecule has 1 atom stereocenters. The average molecular weight is 357 g/mol. The predicted molar refractivity (Wildman–Crippen MR) is 105 cm³/mol. The lowest BCUT2D eigenvalue weighted by Crippen LogP contribution is -2.38. The van der Waals surface area contributed by atoms with Crippen molar-refractivity contribution >= 4 is 15.9 Å². The Balaban J connectivity index is 2.02. The van der Waals surface area contributed by atoms with Crippen LogP contribution in [-0.4, -0.2) is 9.54 Å². The molecule has 0 aliphatic heterocycles. The molecule has 0 bridgehead atoms. The van der Waals surface area contributed by atoms with Crippen LogP contribution in [0.2, 0.25) is 0 Å². The second-order valence-corrected chi connectivity index (χ2v) is 7.15. The zero-order valence-electron chi connectivity index (χ0n) is 14.0. The van der Waals surface area contributed by atoms with Crippen molar-refractivity contribution in [1.29, 1.82) is 0 Å². The topological polar surface area (TPSA) is 48.0 Å². The number of hydrogen-bond acceptors (Lipinski definition) is 3. The number of anilines is 1. The van der Waals surface area contributed by atoms with Gasteiger partial charge >= 0.3 is 5.13 Å². The van der Waals surface area contributed by atoms with Crippen LogP contribution in [0.25, 0.3) is 0 Å². The fraction of sp³-hybridized carbons (Fsp3) is 0.0455. The summed E-state index contributed by atoms with van der Waals surface area (Å²) >= 11 is 0. The first-order valence-corrected chi connectivity index (χ1v) is 9.54. The van der Waals surface area contributed by atoms with E-state index < -0.39 is 16.3 Å². The SMILES string of the molecule is [O-][s+]1c[c]nc1NC(c1ccccc1)(c1ccccc1)c1ccccc1. The van der Waals surface area contributed by atoms with E-state index in [1.807, 2.05) is 54.6 Å². The van der Waals surface area contributed by atoms with Crippen LogP contribution in [0, 0.1) is 6.20 Å². The normalized spacial score (nSPS) is 12.0. The van der Waals surface area contributed by atoms with Crippen LogP contribution in [0.5, 0.6) is 0 Å². The molecule has 3 aromatic carbocycles. The van der Waals surface area contributed by atoms with Crippen molar-refractivity contribution < 1.29 is 4.55 Å². The van der Waals surface area contributed by atoms with Gasteiger partial charge in [-0.15, -0.1) is 0 Å². The highest BCUT2D eigenvalue weighted by Crippen LogP contribution is 2.41. The van der Waals surface area contributed by atoms with E-state index in [4.69, 9.17) is 0 Å². The standard InChI is InChI=1S/C22H17N2OS/c25-26-17-16-23-21(26)24-22(18-10-4-1-5-11-18,19-12-6-2-7-13-19)20-14-8-3-9-15-20/h1-15,17H,(H,23,24). The minimum absolute atomic E-state index is 0.404. The molecule has 0 fully saturated rings. The first-order chi connectivity index (χ1) is 12.8. The highest BCUT2D eigenvalue weighted by atomic mass is 32.2. The quantitative estimate of drug-likeness (QED) is 0.403. The third-order valence-electron chi connectivity index (χ3n) is 4.43. The summed E-state index contributed by atoms with van der Waals surface area (Å²) in [6, 6.07) is 30.5. The second-order valence-electron chi connectivity index (χ2n) is 5.93. The van der Waals surface area contributed by atoms with Crippen molar-refractivity contribution in [3.63, 3.8) is 0 Å². The van der Waals surface area contributed by atoms with Crippen LogP contribution in [0.15, 0.2) is 96.4 Å². The van der Waals surface area contributed by atoms with Gasteiger partial charge in [0.2, 0.25) is 0 Å². The first kappa shape index (κ1) is 16.5.